The van der Waals surface area contributed by atoms with Gasteiger partial charge in [0.2, 0.25) is 40.1 Å². The minimum Gasteiger partial charge on any atom is -0.505 e. The maximum absolute atomic E-state index is 13.8. The number of alkyl halides is 3. The average molecular weight is 2300 g/mol. The van der Waals surface area contributed by atoms with Crippen molar-refractivity contribution in [3.05, 3.63) is 231 Å². The number of sulfonamides is 4. The number of fused-ring (bicyclic) bond motifs is 4. The standard InChI is InChI=1S/C23H28N5O6PS2.C22H23F3N5O6PS2.C22H20N5O7PS2.C22H26N5O7PS2/c1-5-14(2)10-11-28-23(30)19(21(29)20(25-28)18-7-6-12-36-18)22-24-16-9-8-15(27-37(4,32)33)13-17(16)35(31,26-22)34-3;1-12(22(23,24)25)8-9-30-21(32)17(19(31)18(27-30)16-5-4-10-38-16)20-26-14-7-6-13(29-39(3,34)35)11-15(14)37(33,28-20)36-2;1-33-35(30)16-10-14(26-37(2,31)32)5-6-15(16)23-21(25-35)18-20(28)19(17-4-3-9-36-17)24-27(22(18)29)11-13-7-8-34-12-13;1-13(33-2)9-10-27-22(29)18(20(28)19(24-27)17-6-5-11-36-17)21-23-15-8-7-14(26-37(4,31)32)12-16(15)35(30,25-21)34-3/h6-9,12-14,27,29H,5,10-11H2,1-4H3,(H,24,26,31);4-7,10-12,29,31H,8-9H2,1-3H3,(H,26,28,33);3-10,12,26,28H,11H2,1-2H3,(H,23,25,30);5-8,11-13,26,28H,9-10H2,1-4H3,(H,23,25,30). The second kappa shape index (κ2) is 45.3. The first-order chi connectivity index (χ1) is 70.6. The fourth-order valence-electron chi connectivity index (χ4n) is 14.9. The van der Waals surface area contributed by atoms with E-state index >= 15 is 0 Å². The van der Waals surface area contributed by atoms with E-state index < -0.39 is 140 Å². The van der Waals surface area contributed by atoms with Crippen molar-refractivity contribution in [1.29, 1.82) is 0 Å². The number of nitrogens with one attached hydrogen (secondary N) is 8. The van der Waals surface area contributed by atoms with Crippen LogP contribution in [0.5, 0.6) is 23.0 Å². The molecule has 12 N–H and O–H groups in total. The third kappa shape index (κ3) is 25.7. The van der Waals surface area contributed by atoms with Crippen LogP contribution in [0.15, 0.2) is 204 Å². The molecule has 0 amide bonds. The van der Waals surface area contributed by atoms with Gasteiger partial charge in [-0.1, -0.05) is 51.5 Å². The zero-order valence-electron chi connectivity index (χ0n) is 81.3. The Morgan fingerprint density at radius 2 is 0.687 bits per heavy atom. The van der Waals surface area contributed by atoms with Crippen molar-refractivity contribution < 1.29 is 113 Å². The van der Waals surface area contributed by atoms with E-state index in [0.29, 0.717) is 56.1 Å². The summed E-state index contributed by atoms with van der Waals surface area (Å²) in [5, 5.41) is 81.1. The number of aromatic hydroxyl groups is 4. The zero-order chi connectivity index (χ0) is 109. The van der Waals surface area contributed by atoms with E-state index in [1.165, 1.54) is 161 Å². The molecular formula is C89H97F3N20O26P4S8. The summed E-state index contributed by atoms with van der Waals surface area (Å²) in [4.78, 5) is 56.3. The molecule has 9 aromatic heterocycles. The predicted octanol–water partition coefficient (Wildman–Crippen LogP) is 13.6. The Morgan fingerprint density at radius 1 is 0.413 bits per heavy atom. The maximum atomic E-state index is 13.8. The van der Waals surface area contributed by atoms with Gasteiger partial charge in [0, 0.05) is 83.5 Å². The van der Waals surface area contributed by atoms with E-state index in [1.54, 1.807) is 66.4 Å². The average Bonchev–Trinajstić information content (AvgIpc) is 1.08. The summed E-state index contributed by atoms with van der Waals surface area (Å²) in [7, 11) is -24.2. The van der Waals surface area contributed by atoms with Crippen molar-refractivity contribution >= 4 is 206 Å². The summed E-state index contributed by atoms with van der Waals surface area (Å²) < 4.78 is 249. The number of aromatic nitrogens is 8. The first-order valence-electron chi connectivity index (χ1n) is 44.4. The predicted molar refractivity (Wildman–Crippen MR) is 574 cm³/mol. The van der Waals surface area contributed by atoms with E-state index in [1.807, 2.05) is 23.8 Å². The summed E-state index contributed by atoms with van der Waals surface area (Å²) in [6, 6.07) is 32.5. The fraction of sp³-hybridized carbons (Fsp3) is 0.281. The second-order valence-corrected chi connectivity index (χ2v) is 52.9. The minimum atomic E-state index is -4.48. The number of methoxy groups -OCH3 is 1. The van der Waals surface area contributed by atoms with Crippen molar-refractivity contribution in [3.8, 4) is 65.3 Å². The Bertz CT molecular complexity index is 8240. The molecule has 4 aromatic carbocycles. The molecule has 0 fully saturated rings. The maximum Gasteiger partial charge on any atom is 0.391 e. The molecule has 61 heteroatoms. The number of benzene rings is 4. The van der Waals surface area contributed by atoms with Gasteiger partial charge in [0.25, 0.3) is 22.2 Å². The highest BCUT2D eigenvalue weighted by Gasteiger charge is 2.43. The summed E-state index contributed by atoms with van der Waals surface area (Å²) in [5.41, 5.74) is -1.29. The molecule has 46 nitrogen and oxygen atoms in total. The molecule has 7 atom stereocenters. The lowest BCUT2D eigenvalue weighted by atomic mass is 10.1. The lowest BCUT2D eigenvalue weighted by Crippen LogP contribution is -2.35. The molecule has 4 aliphatic rings. The van der Waals surface area contributed by atoms with Gasteiger partial charge in [-0.15, -0.1) is 45.3 Å². The molecule has 0 bridgehead atoms. The number of hydrogen-bond acceptors (Lipinski definition) is 38. The van der Waals surface area contributed by atoms with Crippen LogP contribution >= 0.6 is 75.4 Å². The molecule has 7 unspecified atom stereocenters. The van der Waals surface area contributed by atoms with E-state index in [2.05, 4.69) is 93.4 Å². The monoisotopic (exact) mass is 2300 g/mol. The molecule has 0 radical (unpaired) electrons. The highest BCUT2D eigenvalue weighted by atomic mass is 32.2. The number of hydrogen-bond donors (Lipinski definition) is 12. The van der Waals surface area contributed by atoms with E-state index in [0.717, 1.165) is 54.8 Å². The zero-order valence-corrected chi connectivity index (χ0v) is 91.4. The lowest BCUT2D eigenvalue weighted by Gasteiger charge is -2.25. The van der Waals surface area contributed by atoms with Gasteiger partial charge >= 0.3 is 36.3 Å². The summed E-state index contributed by atoms with van der Waals surface area (Å²) in [6.07, 6.45) is 3.90. The SMILES string of the molecule is CCC(C)CCn1nc(-c2cccs2)c(O)c(C2=NP(=O)(OC)c3cc(NS(C)(=O)=O)ccc3N2)c1=O.COC(C)CCn1nc(-c2cccs2)c(O)c(C2=NP(=O)(OC)c3cc(NS(C)(=O)=O)ccc3N2)c1=O.COP1(=O)N=C(c2c(O)c(-c3cccs3)nn(CCC(C)C(F)(F)F)c2=O)Nc2ccc(NS(C)(=O)=O)cc21.COP1(=O)N=C(c2c(O)c(-c3cccs3)nn(Cc3ccoc3)c2=O)Nc2ccc(NS(C)(=O)=O)cc21. The number of aryl methyl sites for hydroxylation is 3. The van der Waals surface area contributed by atoms with Crippen LogP contribution in [-0.2, 0) is 107 Å². The summed E-state index contributed by atoms with van der Waals surface area (Å²) in [6.45, 7) is 7.15. The Kier molecular flexibility index (Phi) is 34.0. The van der Waals surface area contributed by atoms with Crippen molar-refractivity contribution in [2.75, 3.05) is 101 Å². The first kappa shape index (κ1) is 113. The minimum absolute atomic E-state index is 0.00578. The van der Waals surface area contributed by atoms with Crippen LogP contribution in [0.2, 0.25) is 0 Å². The van der Waals surface area contributed by atoms with Gasteiger partial charge in [0.1, 0.15) is 45.0 Å². The van der Waals surface area contributed by atoms with Gasteiger partial charge in [0.05, 0.1) is 120 Å². The van der Waals surface area contributed by atoms with E-state index in [-0.39, 0.29) is 149 Å². The van der Waals surface area contributed by atoms with Gasteiger partial charge in [-0.25, -0.2) is 52.4 Å². The molecule has 0 spiro atoms. The molecule has 4 aliphatic heterocycles. The van der Waals surface area contributed by atoms with Crippen LogP contribution in [0.3, 0.4) is 0 Å². The number of nitrogens with zero attached hydrogens (tertiary/aromatic N) is 12. The van der Waals surface area contributed by atoms with Gasteiger partial charge in [-0.2, -0.15) is 52.6 Å². The fourth-order valence-corrected chi connectivity index (χ4v) is 26.1. The van der Waals surface area contributed by atoms with Gasteiger partial charge in [0.15, 0.2) is 46.3 Å². The molecule has 13 aromatic rings. The molecule has 798 valence electrons. The third-order valence-corrected chi connectivity index (χ3v) is 36.4. The second-order valence-electron chi connectivity index (χ2n) is 33.8. The largest absolute Gasteiger partial charge is 0.505 e. The van der Waals surface area contributed by atoms with Crippen LogP contribution in [0.4, 0.5) is 58.7 Å². The topological polar surface area (TPSA) is 630 Å². The normalized spacial score (nSPS) is 17.8. The van der Waals surface area contributed by atoms with Gasteiger partial charge < -0.3 is 68.9 Å². The number of amidine groups is 4. The summed E-state index contributed by atoms with van der Waals surface area (Å²) in [5.74, 6) is -4.04. The van der Waals surface area contributed by atoms with Crippen LogP contribution in [0.1, 0.15) is 81.2 Å². The molecule has 0 saturated heterocycles. The molecular weight excluding hydrogens is 2200 g/mol. The van der Waals surface area contributed by atoms with Crippen LogP contribution in [0.25, 0.3) is 42.3 Å². The first-order valence-corrected chi connectivity index (χ1v) is 61.8. The van der Waals surface area contributed by atoms with E-state index in [9.17, 15) is 105 Å². The highest BCUT2D eigenvalue weighted by molar-refractivity contribution is 7.92. The lowest BCUT2D eigenvalue weighted by molar-refractivity contribution is -0.171. The third-order valence-electron chi connectivity index (χ3n) is 22.8. The van der Waals surface area contributed by atoms with Crippen molar-refractivity contribution in [1.82, 2.24) is 39.1 Å². The van der Waals surface area contributed by atoms with Crippen LogP contribution in [0, 0.1) is 11.8 Å². The molecule has 0 aliphatic carbocycles. The Morgan fingerprint density at radius 3 is 0.927 bits per heavy atom. The summed E-state index contributed by atoms with van der Waals surface area (Å²) >= 11 is 5.17. The number of thiophene rings is 4. The smallest absolute Gasteiger partial charge is 0.391 e. The highest BCUT2D eigenvalue weighted by Crippen LogP contribution is 2.57. The molecule has 150 heavy (non-hydrogen) atoms. The number of halogens is 3. The van der Waals surface area contributed by atoms with Gasteiger partial charge in [-0.05, 0) is 157 Å². The van der Waals surface area contributed by atoms with Crippen LogP contribution < -0.4 is 83.6 Å². The number of rotatable bonds is 33. The molecule has 13 heterocycles. The number of ether oxygens (including phenoxy) is 1. The Labute approximate surface area is 870 Å². The quantitative estimate of drug-likeness (QED) is 0.0170. The Hall–Kier alpha value is -12.9. The van der Waals surface area contributed by atoms with Crippen molar-refractivity contribution in [2.45, 2.75) is 91.8 Å². The molecule has 17 rings (SSSR count). The van der Waals surface area contributed by atoms with Crippen molar-refractivity contribution in [3.63, 3.8) is 0 Å². The van der Waals surface area contributed by atoms with E-state index in [4.69, 9.17) is 27.2 Å². The Balaban J connectivity index is 0.000000157. The van der Waals surface area contributed by atoms with Gasteiger partial charge in [-0.3, -0.25) is 56.3 Å². The molecule has 0 saturated carbocycles. The van der Waals surface area contributed by atoms with Crippen molar-refractivity contribution in [2.24, 2.45) is 30.9 Å². The number of anilines is 8. The van der Waals surface area contributed by atoms with Crippen LogP contribution in [-0.4, -0.2) is 189 Å². The number of furan rings is 1.